The second kappa shape index (κ2) is 8.35. The normalized spacial score (nSPS) is 11.6. The standard InChI is InChI=1S/C22H20N2O4/c1-14-19(17(13-28-14)16-10-6-3-7-11-16)22(27)24-18(20(25)21(23)26)12-15-8-4-2-5-9-15/h2-11,13,18H,12H2,1H3,(H2,23,26)(H,24,27). The van der Waals surface area contributed by atoms with Crippen LogP contribution in [-0.2, 0) is 16.0 Å². The highest BCUT2D eigenvalue weighted by Crippen LogP contribution is 2.28. The molecule has 6 heteroatoms. The molecule has 2 aromatic carbocycles. The third kappa shape index (κ3) is 4.17. The summed E-state index contributed by atoms with van der Waals surface area (Å²) in [7, 11) is 0. The molecule has 2 amide bonds. The maximum absolute atomic E-state index is 13.0. The van der Waals surface area contributed by atoms with Crippen molar-refractivity contribution in [2.24, 2.45) is 5.73 Å². The van der Waals surface area contributed by atoms with Gasteiger partial charge in [0.1, 0.15) is 11.8 Å². The van der Waals surface area contributed by atoms with Crippen molar-refractivity contribution >= 4 is 17.6 Å². The van der Waals surface area contributed by atoms with E-state index in [4.69, 9.17) is 10.2 Å². The number of nitrogens with two attached hydrogens (primary N) is 1. The van der Waals surface area contributed by atoms with Crippen LogP contribution in [0.15, 0.2) is 71.3 Å². The van der Waals surface area contributed by atoms with Crippen LogP contribution in [0.2, 0.25) is 0 Å². The Morgan fingerprint density at radius 1 is 1.00 bits per heavy atom. The summed E-state index contributed by atoms with van der Waals surface area (Å²) in [5, 5.41) is 2.65. The smallest absolute Gasteiger partial charge is 0.287 e. The van der Waals surface area contributed by atoms with E-state index in [9.17, 15) is 14.4 Å². The van der Waals surface area contributed by atoms with Gasteiger partial charge in [0.05, 0.1) is 11.8 Å². The van der Waals surface area contributed by atoms with Crippen LogP contribution in [0.5, 0.6) is 0 Å². The van der Waals surface area contributed by atoms with Gasteiger partial charge in [-0.25, -0.2) is 0 Å². The van der Waals surface area contributed by atoms with Crippen molar-refractivity contribution in [2.45, 2.75) is 19.4 Å². The predicted octanol–water partition coefficient (Wildman–Crippen LogP) is 2.65. The number of carbonyl (C=O) groups is 3. The molecule has 1 heterocycles. The minimum absolute atomic E-state index is 0.159. The number of nitrogens with one attached hydrogen (secondary N) is 1. The van der Waals surface area contributed by atoms with Gasteiger partial charge in [-0.1, -0.05) is 60.7 Å². The van der Waals surface area contributed by atoms with Crippen LogP contribution in [0.25, 0.3) is 11.1 Å². The minimum atomic E-state index is -1.09. The van der Waals surface area contributed by atoms with E-state index in [0.717, 1.165) is 11.1 Å². The molecule has 0 aliphatic heterocycles. The fourth-order valence-corrected chi connectivity index (χ4v) is 3.03. The fraction of sp³-hybridized carbons (Fsp3) is 0.136. The van der Waals surface area contributed by atoms with Gasteiger partial charge < -0.3 is 15.5 Å². The molecule has 0 bridgehead atoms. The van der Waals surface area contributed by atoms with Crippen molar-refractivity contribution in [3.63, 3.8) is 0 Å². The number of hydrogen-bond acceptors (Lipinski definition) is 4. The van der Waals surface area contributed by atoms with Crippen LogP contribution in [0, 0.1) is 6.92 Å². The zero-order chi connectivity index (χ0) is 20.1. The topological polar surface area (TPSA) is 102 Å². The molecule has 0 aliphatic rings. The lowest BCUT2D eigenvalue weighted by atomic mass is 9.99. The third-order valence-corrected chi connectivity index (χ3v) is 4.43. The van der Waals surface area contributed by atoms with E-state index in [-0.39, 0.29) is 6.42 Å². The summed E-state index contributed by atoms with van der Waals surface area (Å²) in [6.45, 7) is 1.67. The molecule has 0 radical (unpaired) electrons. The number of furan rings is 1. The summed E-state index contributed by atoms with van der Waals surface area (Å²) >= 11 is 0. The van der Waals surface area contributed by atoms with E-state index in [2.05, 4.69) is 5.32 Å². The molecule has 28 heavy (non-hydrogen) atoms. The first kappa shape index (κ1) is 19.1. The molecular formula is C22H20N2O4. The van der Waals surface area contributed by atoms with Crippen molar-refractivity contribution < 1.29 is 18.8 Å². The largest absolute Gasteiger partial charge is 0.468 e. The Morgan fingerprint density at radius 2 is 1.61 bits per heavy atom. The molecule has 6 nitrogen and oxygen atoms in total. The Hall–Kier alpha value is -3.67. The Morgan fingerprint density at radius 3 is 2.21 bits per heavy atom. The maximum Gasteiger partial charge on any atom is 0.287 e. The van der Waals surface area contributed by atoms with Crippen molar-refractivity contribution in [3.05, 3.63) is 83.8 Å². The van der Waals surface area contributed by atoms with Gasteiger partial charge in [-0.3, -0.25) is 14.4 Å². The number of carbonyl (C=O) groups excluding carboxylic acids is 3. The molecule has 1 atom stereocenters. The molecule has 3 rings (SSSR count). The van der Waals surface area contributed by atoms with Gasteiger partial charge in [-0.15, -0.1) is 0 Å². The van der Waals surface area contributed by atoms with E-state index in [1.54, 1.807) is 6.92 Å². The van der Waals surface area contributed by atoms with Gasteiger partial charge in [0.25, 0.3) is 11.8 Å². The van der Waals surface area contributed by atoms with E-state index in [1.165, 1.54) is 6.26 Å². The van der Waals surface area contributed by atoms with Gasteiger partial charge in [0, 0.05) is 12.0 Å². The predicted molar refractivity (Wildman–Crippen MR) is 104 cm³/mol. The average Bonchev–Trinajstić information content (AvgIpc) is 3.10. The molecule has 3 aromatic rings. The Labute approximate surface area is 162 Å². The number of ketones is 1. The van der Waals surface area contributed by atoms with Crippen LogP contribution in [0.3, 0.4) is 0 Å². The Kier molecular flexibility index (Phi) is 5.69. The first-order chi connectivity index (χ1) is 13.5. The molecule has 0 saturated carbocycles. The van der Waals surface area contributed by atoms with Crippen LogP contribution in [0.1, 0.15) is 21.7 Å². The van der Waals surface area contributed by atoms with Crippen molar-refractivity contribution in [1.29, 1.82) is 0 Å². The van der Waals surface area contributed by atoms with Gasteiger partial charge in [0.15, 0.2) is 0 Å². The molecule has 142 valence electrons. The monoisotopic (exact) mass is 376 g/mol. The molecule has 0 spiro atoms. The summed E-state index contributed by atoms with van der Waals surface area (Å²) < 4.78 is 5.44. The fourth-order valence-electron chi connectivity index (χ4n) is 3.03. The maximum atomic E-state index is 13.0. The zero-order valence-corrected chi connectivity index (χ0v) is 15.3. The summed E-state index contributed by atoms with van der Waals surface area (Å²) in [6, 6.07) is 17.3. The average molecular weight is 376 g/mol. The first-order valence-corrected chi connectivity index (χ1v) is 8.79. The highest BCUT2D eigenvalue weighted by molar-refractivity contribution is 6.38. The van der Waals surface area contributed by atoms with E-state index >= 15 is 0 Å². The van der Waals surface area contributed by atoms with Crippen LogP contribution in [0.4, 0.5) is 0 Å². The van der Waals surface area contributed by atoms with Crippen LogP contribution < -0.4 is 11.1 Å². The number of aryl methyl sites for hydroxylation is 1. The minimum Gasteiger partial charge on any atom is -0.468 e. The van der Waals surface area contributed by atoms with Crippen LogP contribution >= 0.6 is 0 Å². The van der Waals surface area contributed by atoms with Crippen molar-refractivity contribution in [2.75, 3.05) is 0 Å². The zero-order valence-electron chi connectivity index (χ0n) is 15.3. The van der Waals surface area contributed by atoms with E-state index in [1.807, 2.05) is 60.7 Å². The molecule has 1 aromatic heterocycles. The summed E-state index contributed by atoms with van der Waals surface area (Å²) in [5.74, 6) is -2.02. The lowest BCUT2D eigenvalue weighted by Gasteiger charge is -2.17. The Bertz CT molecular complexity index is 994. The highest BCUT2D eigenvalue weighted by Gasteiger charge is 2.28. The van der Waals surface area contributed by atoms with E-state index in [0.29, 0.717) is 16.9 Å². The van der Waals surface area contributed by atoms with Crippen LogP contribution in [-0.4, -0.2) is 23.6 Å². The summed E-state index contributed by atoms with van der Waals surface area (Å²) in [4.78, 5) is 36.7. The number of hydrogen-bond donors (Lipinski definition) is 2. The second-order valence-corrected chi connectivity index (χ2v) is 6.39. The number of Topliss-reactive ketones (excluding diaryl/α,β-unsaturated/α-hetero) is 1. The number of benzene rings is 2. The molecule has 0 fully saturated rings. The molecule has 0 saturated heterocycles. The Balaban J connectivity index is 1.89. The van der Waals surface area contributed by atoms with Gasteiger partial charge in [-0.05, 0) is 18.1 Å². The SMILES string of the molecule is Cc1occ(-c2ccccc2)c1C(=O)NC(Cc1ccccc1)C(=O)C(N)=O. The molecule has 3 N–H and O–H groups in total. The van der Waals surface area contributed by atoms with Crippen molar-refractivity contribution in [1.82, 2.24) is 5.32 Å². The third-order valence-electron chi connectivity index (χ3n) is 4.43. The van der Waals surface area contributed by atoms with Crippen molar-refractivity contribution in [3.8, 4) is 11.1 Å². The van der Waals surface area contributed by atoms with Gasteiger partial charge in [0.2, 0.25) is 5.78 Å². The first-order valence-electron chi connectivity index (χ1n) is 8.79. The molecule has 1 unspecified atom stereocenters. The second-order valence-electron chi connectivity index (χ2n) is 6.39. The lowest BCUT2D eigenvalue weighted by Crippen LogP contribution is -2.47. The lowest BCUT2D eigenvalue weighted by molar-refractivity contribution is -0.137. The van der Waals surface area contributed by atoms with Gasteiger partial charge in [-0.2, -0.15) is 0 Å². The number of rotatable bonds is 7. The molecule has 0 aliphatic carbocycles. The van der Waals surface area contributed by atoms with Gasteiger partial charge >= 0.3 is 0 Å². The highest BCUT2D eigenvalue weighted by atomic mass is 16.3. The van der Waals surface area contributed by atoms with E-state index < -0.39 is 23.6 Å². The number of primary amides is 1. The number of amides is 2. The summed E-state index contributed by atoms with van der Waals surface area (Å²) in [5.41, 5.74) is 7.72. The quantitative estimate of drug-likeness (QED) is 0.619. The summed E-state index contributed by atoms with van der Waals surface area (Å²) in [6.07, 6.45) is 1.66. The molecular weight excluding hydrogens is 356 g/mol.